The molecule has 34 heavy (non-hydrogen) atoms. The topological polar surface area (TPSA) is 93.7 Å². The number of carbonyl (C=O) groups excluding carboxylic acids is 1. The van der Waals surface area contributed by atoms with E-state index >= 15 is 0 Å². The zero-order valence-corrected chi connectivity index (χ0v) is 21.0. The maximum absolute atomic E-state index is 13.1. The van der Waals surface area contributed by atoms with Crippen molar-refractivity contribution in [1.29, 1.82) is 0 Å². The molecule has 0 fully saturated rings. The Balaban J connectivity index is 1.84. The summed E-state index contributed by atoms with van der Waals surface area (Å²) in [4.78, 5) is 13.0. The molecule has 1 atom stereocenters. The van der Waals surface area contributed by atoms with Crippen molar-refractivity contribution in [2.75, 3.05) is 18.9 Å². The van der Waals surface area contributed by atoms with Gasteiger partial charge in [0.1, 0.15) is 0 Å². The smallest absolute Gasteiger partial charge is 0.262 e. The fourth-order valence-corrected chi connectivity index (χ4v) is 5.07. The first-order valence-corrected chi connectivity index (χ1v) is 12.3. The SMILES string of the molecule is COc1ccc([C@H](C)NC(=O)c2ccc(C)c(S(=O)(=O)Nc3cc(C)cc(C)c3)c2)cc1OC. The molecule has 7 nitrogen and oxygen atoms in total. The number of benzene rings is 3. The summed E-state index contributed by atoms with van der Waals surface area (Å²) in [5.74, 6) is 0.766. The summed E-state index contributed by atoms with van der Waals surface area (Å²) in [6.45, 7) is 7.35. The minimum atomic E-state index is -3.89. The highest BCUT2D eigenvalue weighted by Crippen LogP contribution is 2.30. The van der Waals surface area contributed by atoms with Gasteiger partial charge in [-0.15, -0.1) is 0 Å². The molecule has 3 aromatic rings. The lowest BCUT2D eigenvalue weighted by atomic mass is 10.1. The van der Waals surface area contributed by atoms with Crippen molar-refractivity contribution in [2.45, 2.75) is 38.6 Å². The van der Waals surface area contributed by atoms with Gasteiger partial charge in [-0.3, -0.25) is 9.52 Å². The average Bonchev–Trinajstić information content (AvgIpc) is 2.77. The molecule has 0 aliphatic rings. The van der Waals surface area contributed by atoms with Gasteiger partial charge in [0.05, 0.1) is 25.2 Å². The van der Waals surface area contributed by atoms with E-state index in [4.69, 9.17) is 9.47 Å². The Hall–Kier alpha value is -3.52. The van der Waals surface area contributed by atoms with Gasteiger partial charge >= 0.3 is 0 Å². The van der Waals surface area contributed by atoms with Crippen LogP contribution in [0.5, 0.6) is 11.5 Å². The van der Waals surface area contributed by atoms with Crippen LogP contribution in [0.15, 0.2) is 59.5 Å². The van der Waals surface area contributed by atoms with Crippen LogP contribution >= 0.6 is 0 Å². The van der Waals surface area contributed by atoms with E-state index in [1.165, 1.54) is 6.07 Å². The van der Waals surface area contributed by atoms with E-state index in [0.29, 0.717) is 22.7 Å². The van der Waals surface area contributed by atoms with Crippen LogP contribution < -0.4 is 19.5 Å². The summed E-state index contributed by atoms with van der Waals surface area (Å²) in [7, 11) is -0.788. The summed E-state index contributed by atoms with van der Waals surface area (Å²) in [6, 6.07) is 15.2. The number of nitrogens with one attached hydrogen (secondary N) is 2. The maximum Gasteiger partial charge on any atom is 0.262 e. The third-order valence-electron chi connectivity index (χ3n) is 5.47. The minimum Gasteiger partial charge on any atom is -0.493 e. The molecule has 0 saturated heterocycles. The second-order valence-corrected chi connectivity index (χ2v) is 9.92. The Morgan fingerprint density at radius 3 is 2.12 bits per heavy atom. The summed E-state index contributed by atoms with van der Waals surface area (Å²) >= 11 is 0. The van der Waals surface area contributed by atoms with Crippen LogP contribution in [0.3, 0.4) is 0 Å². The fraction of sp³-hybridized carbons (Fsp3) is 0.269. The zero-order valence-electron chi connectivity index (χ0n) is 20.2. The Morgan fingerprint density at radius 1 is 0.853 bits per heavy atom. The highest BCUT2D eigenvalue weighted by atomic mass is 32.2. The minimum absolute atomic E-state index is 0.0538. The maximum atomic E-state index is 13.1. The third-order valence-corrected chi connectivity index (χ3v) is 6.99. The standard InChI is InChI=1S/C26H30N2O5S/c1-16-11-17(2)13-22(12-16)28-34(30,31)25-15-21(8-7-18(25)3)26(29)27-19(4)20-9-10-23(32-5)24(14-20)33-6/h7-15,19,28H,1-6H3,(H,27,29)/t19-/m0/s1. The lowest BCUT2D eigenvalue weighted by Gasteiger charge is -2.17. The number of amides is 1. The highest BCUT2D eigenvalue weighted by molar-refractivity contribution is 7.92. The van der Waals surface area contributed by atoms with E-state index in [-0.39, 0.29) is 22.4 Å². The van der Waals surface area contributed by atoms with Gasteiger partial charge in [-0.1, -0.05) is 18.2 Å². The number of rotatable bonds is 8. The lowest BCUT2D eigenvalue weighted by molar-refractivity contribution is 0.0939. The van der Waals surface area contributed by atoms with E-state index in [0.717, 1.165) is 16.7 Å². The molecule has 0 bridgehead atoms. The molecule has 0 saturated carbocycles. The van der Waals surface area contributed by atoms with Crippen LogP contribution in [0, 0.1) is 20.8 Å². The van der Waals surface area contributed by atoms with Gasteiger partial charge in [-0.05, 0) is 86.3 Å². The van der Waals surface area contributed by atoms with Crippen LogP contribution in [0.1, 0.15) is 45.6 Å². The van der Waals surface area contributed by atoms with Crippen molar-refractivity contribution in [3.63, 3.8) is 0 Å². The Labute approximate surface area is 201 Å². The number of methoxy groups -OCH3 is 2. The predicted molar refractivity (Wildman–Crippen MR) is 133 cm³/mol. The molecule has 0 aliphatic carbocycles. The van der Waals surface area contributed by atoms with Gasteiger partial charge in [0.2, 0.25) is 0 Å². The number of ether oxygens (including phenoxy) is 2. The number of sulfonamides is 1. The first-order chi connectivity index (χ1) is 16.0. The first-order valence-electron chi connectivity index (χ1n) is 10.8. The van der Waals surface area contributed by atoms with Gasteiger partial charge in [-0.2, -0.15) is 0 Å². The predicted octanol–water partition coefficient (Wildman–Crippen LogP) is 4.92. The van der Waals surface area contributed by atoms with Crippen molar-refractivity contribution >= 4 is 21.6 Å². The van der Waals surface area contributed by atoms with Gasteiger partial charge in [0, 0.05) is 11.3 Å². The summed E-state index contributed by atoms with van der Waals surface area (Å²) in [5.41, 5.74) is 4.00. The van der Waals surface area contributed by atoms with Crippen molar-refractivity contribution in [1.82, 2.24) is 5.32 Å². The molecule has 1 amide bonds. The second-order valence-electron chi connectivity index (χ2n) is 8.27. The Morgan fingerprint density at radius 2 is 1.50 bits per heavy atom. The number of hydrogen-bond acceptors (Lipinski definition) is 5. The number of hydrogen-bond donors (Lipinski definition) is 2. The number of carbonyl (C=O) groups is 1. The first kappa shape index (κ1) is 25.1. The van der Waals surface area contributed by atoms with E-state index in [2.05, 4.69) is 10.0 Å². The largest absolute Gasteiger partial charge is 0.493 e. The molecule has 0 aliphatic heterocycles. The molecule has 2 N–H and O–H groups in total. The van der Waals surface area contributed by atoms with Crippen LogP contribution in [-0.2, 0) is 10.0 Å². The summed E-state index contributed by atoms with van der Waals surface area (Å²) < 4.78 is 39.5. The quantitative estimate of drug-likeness (QED) is 0.475. The molecule has 0 unspecified atom stereocenters. The zero-order chi connectivity index (χ0) is 25.0. The molecule has 3 rings (SSSR count). The van der Waals surface area contributed by atoms with Crippen molar-refractivity contribution in [3.8, 4) is 11.5 Å². The molecule has 0 aromatic heterocycles. The second kappa shape index (κ2) is 10.2. The summed E-state index contributed by atoms with van der Waals surface area (Å²) in [5, 5.41) is 2.91. The number of aryl methyl sites for hydroxylation is 3. The van der Waals surface area contributed by atoms with Crippen LogP contribution in [0.4, 0.5) is 5.69 Å². The number of anilines is 1. The molecular weight excluding hydrogens is 452 g/mol. The van der Waals surface area contributed by atoms with E-state index < -0.39 is 10.0 Å². The van der Waals surface area contributed by atoms with E-state index in [1.54, 1.807) is 57.5 Å². The molecule has 0 radical (unpaired) electrons. The fourth-order valence-electron chi connectivity index (χ4n) is 3.76. The van der Waals surface area contributed by atoms with Crippen LogP contribution in [-0.4, -0.2) is 28.5 Å². The lowest BCUT2D eigenvalue weighted by Crippen LogP contribution is -2.27. The van der Waals surface area contributed by atoms with Gasteiger partial charge in [0.25, 0.3) is 15.9 Å². The van der Waals surface area contributed by atoms with Crippen LogP contribution in [0.25, 0.3) is 0 Å². The van der Waals surface area contributed by atoms with Crippen molar-refractivity contribution < 1.29 is 22.7 Å². The molecule has 8 heteroatoms. The van der Waals surface area contributed by atoms with Gasteiger partial charge in [-0.25, -0.2) is 8.42 Å². The van der Waals surface area contributed by atoms with Crippen molar-refractivity contribution in [3.05, 3.63) is 82.4 Å². The normalized spacial score (nSPS) is 12.1. The van der Waals surface area contributed by atoms with Gasteiger partial charge in [0.15, 0.2) is 11.5 Å². The summed E-state index contributed by atoms with van der Waals surface area (Å²) in [6.07, 6.45) is 0. The Kier molecular flexibility index (Phi) is 7.51. The highest BCUT2D eigenvalue weighted by Gasteiger charge is 2.21. The van der Waals surface area contributed by atoms with Crippen LogP contribution in [0.2, 0.25) is 0 Å². The average molecular weight is 483 g/mol. The monoisotopic (exact) mass is 482 g/mol. The molecule has 3 aromatic carbocycles. The Bertz CT molecular complexity index is 1300. The van der Waals surface area contributed by atoms with Crippen molar-refractivity contribution in [2.24, 2.45) is 0 Å². The van der Waals surface area contributed by atoms with E-state index in [1.807, 2.05) is 32.9 Å². The van der Waals surface area contributed by atoms with E-state index in [9.17, 15) is 13.2 Å². The molecule has 0 heterocycles. The van der Waals surface area contributed by atoms with Gasteiger partial charge < -0.3 is 14.8 Å². The molecule has 0 spiro atoms. The molecular formula is C26H30N2O5S. The molecule has 180 valence electrons. The third kappa shape index (κ3) is 5.69.